The summed E-state index contributed by atoms with van der Waals surface area (Å²) in [5.74, 6) is 1.70. The van der Waals surface area contributed by atoms with Gasteiger partial charge in [-0.05, 0) is 55.2 Å². The number of rotatable bonds is 1. The predicted molar refractivity (Wildman–Crippen MR) is 60.7 cm³/mol. The zero-order chi connectivity index (χ0) is 9.76. The molecular formula is C11H16N2S. The van der Waals surface area contributed by atoms with Gasteiger partial charge in [-0.1, -0.05) is 12.2 Å². The highest BCUT2D eigenvalue weighted by atomic mass is 32.1. The van der Waals surface area contributed by atoms with Crippen LogP contribution in [0.1, 0.15) is 25.7 Å². The van der Waals surface area contributed by atoms with Crippen LogP contribution in [0.5, 0.6) is 0 Å². The largest absolute Gasteiger partial charge is 0.376 e. The second-order valence-electron chi connectivity index (χ2n) is 5.00. The highest BCUT2D eigenvalue weighted by Crippen LogP contribution is 2.62. The van der Waals surface area contributed by atoms with Gasteiger partial charge in [-0.15, -0.1) is 0 Å². The third kappa shape index (κ3) is 0.991. The Morgan fingerprint density at radius 2 is 2.43 bits per heavy atom. The Kier molecular flexibility index (Phi) is 1.69. The lowest BCUT2D eigenvalue weighted by Gasteiger charge is -2.27. The Labute approximate surface area is 89.9 Å². The Bertz CT molecular complexity index is 312. The fraction of sp³-hybridized carbons (Fsp3) is 0.727. The molecule has 3 N–H and O–H groups in total. The number of nitrogens with one attached hydrogen (secondary N) is 1. The first-order chi connectivity index (χ1) is 6.71. The lowest BCUT2D eigenvalue weighted by Crippen LogP contribution is -2.42. The molecule has 0 aromatic rings. The molecule has 0 spiro atoms. The Hall–Kier alpha value is -0.570. The van der Waals surface area contributed by atoms with Crippen LogP contribution in [0.25, 0.3) is 0 Å². The summed E-state index contributed by atoms with van der Waals surface area (Å²) in [7, 11) is 0. The SMILES string of the molecule is NC(=S)NC1CC23C=CCC2C1CC3. The minimum absolute atomic E-state index is 0.473. The summed E-state index contributed by atoms with van der Waals surface area (Å²) in [5.41, 5.74) is 6.08. The van der Waals surface area contributed by atoms with Gasteiger partial charge in [-0.3, -0.25) is 0 Å². The Morgan fingerprint density at radius 1 is 1.57 bits per heavy atom. The van der Waals surface area contributed by atoms with Crippen molar-refractivity contribution in [1.82, 2.24) is 5.32 Å². The van der Waals surface area contributed by atoms with Crippen molar-refractivity contribution in [3.63, 3.8) is 0 Å². The lowest BCUT2D eigenvalue weighted by atomic mass is 9.81. The fourth-order valence-corrected chi connectivity index (χ4v) is 4.17. The molecule has 3 heteroatoms. The summed E-state index contributed by atoms with van der Waals surface area (Å²) in [5, 5.41) is 3.75. The van der Waals surface area contributed by atoms with Crippen LogP contribution >= 0.6 is 12.2 Å². The minimum atomic E-state index is 0.473. The van der Waals surface area contributed by atoms with Gasteiger partial charge < -0.3 is 11.1 Å². The van der Waals surface area contributed by atoms with E-state index in [4.69, 9.17) is 18.0 Å². The van der Waals surface area contributed by atoms with Crippen LogP contribution in [0.4, 0.5) is 0 Å². The van der Waals surface area contributed by atoms with Crippen LogP contribution in [0.15, 0.2) is 12.2 Å². The molecule has 0 radical (unpaired) electrons. The molecule has 2 nitrogen and oxygen atoms in total. The molecule has 2 bridgehead atoms. The summed E-state index contributed by atoms with van der Waals surface area (Å²) < 4.78 is 0. The lowest BCUT2D eigenvalue weighted by molar-refractivity contribution is 0.321. The standard InChI is InChI=1S/C11H16N2S/c12-10(14)13-9-6-11-4-1-2-8(11)7(9)3-5-11/h1,4,7-9H,2-3,5-6H2,(H3,12,13,14). The molecule has 2 fully saturated rings. The zero-order valence-corrected chi connectivity index (χ0v) is 9.02. The molecule has 0 aromatic heterocycles. The number of hydrogen-bond acceptors (Lipinski definition) is 1. The number of hydrogen-bond donors (Lipinski definition) is 2. The molecule has 0 heterocycles. The second-order valence-corrected chi connectivity index (χ2v) is 5.44. The maximum atomic E-state index is 5.55. The summed E-state index contributed by atoms with van der Waals surface area (Å²) >= 11 is 4.93. The first-order valence-electron chi connectivity index (χ1n) is 5.45. The fourth-order valence-electron chi connectivity index (χ4n) is 4.02. The van der Waals surface area contributed by atoms with E-state index in [1.807, 2.05) is 0 Å². The smallest absolute Gasteiger partial charge is 0.163 e. The van der Waals surface area contributed by atoms with Gasteiger partial charge >= 0.3 is 0 Å². The van der Waals surface area contributed by atoms with E-state index in [1.165, 1.54) is 25.7 Å². The van der Waals surface area contributed by atoms with E-state index < -0.39 is 0 Å². The third-order valence-electron chi connectivity index (χ3n) is 4.48. The van der Waals surface area contributed by atoms with Gasteiger partial charge in [0, 0.05) is 6.04 Å². The predicted octanol–water partition coefficient (Wildman–Crippen LogP) is 1.56. The molecule has 2 saturated carbocycles. The van der Waals surface area contributed by atoms with E-state index >= 15 is 0 Å². The minimum Gasteiger partial charge on any atom is -0.376 e. The van der Waals surface area contributed by atoms with E-state index in [0.29, 0.717) is 16.6 Å². The summed E-state index contributed by atoms with van der Waals surface area (Å²) in [4.78, 5) is 0. The number of allylic oxidation sites excluding steroid dienone is 2. The van der Waals surface area contributed by atoms with Gasteiger partial charge in [0.15, 0.2) is 5.11 Å². The summed E-state index contributed by atoms with van der Waals surface area (Å²) in [6.07, 6.45) is 10.1. The molecular weight excluding hydrogens is 192 g/mol. The van der Waals surface area contributed by atoms with E-state index in [-0.39, 0.29) is 0 Å². The molecule has 0 saturated heterocycles. The van der Waals surface area contributed by atoms with Gasteiger partial charge in [0.1, 0.15) is 0 Å². The van der Waals surface area contributed by atoms with Gasteiger partial charge in [0.2, 0.25) is 0 Å². The highest BCUT2D eigenvalue weighted by molar-refractivity contribution is 7.80. The third-order valence-corrected chi connectivity index (χ3v) is 4.60. The van der Waals surface area contributed by atoms with Crippen LogP contribution in [0.3, 0.4) is 0 Å². The van der Waals surface area contributed by atoms with Crippen LogP contribution in [0, 0.1) is 17.3 Å². The molecule has 3 aliphatic carbocycles. The molecule has 0 aromatic carbocycles. The number of thiocarbonyl (C=S) groups is 1. The van der Waals surface area contributed by atoms with E-state index in [2.05, 4.69) is 17.5 Å². The molecule has 4 unspecified atom stereocenters. The Morgan fingerprint density at radius 3 is 3.14 bits per heavy atom. The van der Waals surface area contributed by atoms with Crippen LogP contribution < -0.4 is 11.1 Å². The van der Waals surface area contributed by atoms with Crippen LogP contribution in [-0.2, 0) is 0 Å². The van der Waals surface area contributed by atoms with Crippen LogP contribution in [-0.4, -0.2) is 11.2 Å². The van der Waals surface area contributed by atoms with Crippen molar-refractivity contribution < 1.29 is 0 Å². The summed E-state index contributed by atoms with van der Waals surface area (Å²) in [6.45, 7) is 0. The summed E-state index contributed by atoms with van der Waals surface area (Å²) in [6, 6.07) is 0.552. The average Bonchev–Trinajstić information content (AvgIpc) is 2.65. The number of nitrogens with two attached hydrogens (primary N) is 1. The van der Waals surface area contributed by atoms with Crippen molar-refractivity contribution in [3.8, 4) is 0 Å². The van der Waals surface area contributed by atoms with Crippen LogP contribution in [0.2, 0.25) is 0 Å². The molecule has 76 valence electrons. The molecule has 14 heavy (non-hydrogen) atoms. The maximum absolute atomic E-state index is 5.55. The van der Waals surface area contributed by atoms with Gasteiger partial charge in [0.05, 0.1) is 0 Å². The van der Waals surface area contributed by atoms with E-state index in [1.54, 1.807) is 0 Å². The first kappa shape index (κ1) is 8.72. The van der Waals surface area contributed by atoms with E-state index in [0.717, 1.165) is 11.8 Å². The maximum Gasteiger partial charge on any atom is 0.163 e. The normalized spacial score (nSPS) is 48.1. The average molecular weight is 208 g/mol. The first-order valence-corrected chi connectivity index (χ1v) is 5.86. The van der Waals surface area contributed by atoms with Crippen molar-refractivity contribution in [3.05, 3.63) is 12.2 Å². The van der Waals surface area contributed by atoms with Gasteiger partial charge in [0.25, 0.3) is 0 Å². The van der Waals surface area contributed by atoms with Crippen molar-refractivity contribution in [1.29, 1.82) is 0 Å². The van der Waals surface area contributed by atoms with E-state index in [9.17, 15) is 0 Å². The second kappa shape index (κ2) is 2.72. The van der Waals surface area contributed by atoms with Crippen molar-refractivity contribution in [2.24, 2.45) is 23.0 Å². The molecule has 3 aliphatic rings. The van der Waals surface area contributed by atoms with Gasteiger partial charge in [-0.25, -0.2) is 0 Å². The quantitative estimate of drug-likeness (QED) is 0.507. The molecule has 0 aliphatic heterocycles. The molecule has 3 rings (SSSR count). The monoisotopic (exact) mass is 208 g/mol. The van der Waals surface area contributed by atoms with Crippen molar-refractivity contribution >= 4 is 17.3 Å². The van der Waals surface area contributed by atoms with Crippen molar-refractivity contribution in [2.45, 2.75) is 31.7 Å². The Balaban J connectivity index is 1.83. The van der Waals surface area contributed by atoms with Crippen molar-refractivity contribution in [2.75, 3.05) is 0 Å². The molecule has 0 amide bonds. The topological polar surface area (TPSA) is 38.0 Å². The van der Waals surface area contributed by atoms with Gasteiger partial charge in [-0.2, -0.15) is 0 Å². The molecule has 4 atom stereocenters. The zero-order valence-electron chi connectivity index (χ0n) is 8.20. The highest BCUT2D eigenvalue weighted by Gasteiger charge is 2.57.